The summed E-state index contributed by atoms with van der Waals surface area (Å²) in [6, 6.07) is 14.7. The van der Waals surface area contributed by atoms with E-state index in [9.17, 15) is 14.7 Å². The van der Waals surface area contributed by atoms with E-state index in [1.165, 1.54) is 0 Å². The molecule has 0 fully saturated rings. The first-order chi connectivity index (χ1) is 14.2. The maximum atomic E-state index is 13.0. The molecule has 0 unspecified atom stereocenters. The van der Waals surface area contributed by atoms with Gasteiger partial charge in [0.05, 0.1) is 12.1 Å². The van der Waals surface area contributed by atoms with E-state index in [1.54, 1.807) is 16.7 Å². The minimum atomic E-state index is -0.946. The largest absolute Gasteiger partial charge is 0.478 e. The van der Waals surface area contributed by atoms with Crippen LogP contribution in [0.1, 0.15) is 49.3 Å². The quantitative estimate of drug-likeness (QED) is 0.592. The van der Waals surface area contributed by atoms with Gasteiger partial charge in [-0.25, -0.2) is 9.59 Å². The first kappa shape index (κ1) is 21.4. The minimum Gasteiger partial charge on any atom is -0.478 e. The third kappa shape index (κ3) is 4.46. The van der Waals surface area contributed by atoms with Gasteiger partial charge in [0.25, 0.3) is 0 Å². The van der Waals surface area contributed by atoms with E-state index in [2.05, 4.69) is 0 Å². The molecule has 0 atom stereocenters. The Morgan fingerprint density at radius 1 is 1.07 bits per heavy atom. The van der Waals surface area contributed by atoms with E-state index >= 15 is 0 Å². The SMILES string of the molecule is CC=CCc1cn(C(C)(C)C)c(=O)n1Cc1ccc(-c2ccccc2C(=O)O)cc1. The third-order valence-electron chi connectivity index (χ3n) is 5.11. The van der Waals surface area contributed by atoms with E-state index in [4.69, 9.17) is 0 Å². The molecule has 0 aliphatic heterocycles. The van der Waals surface area contributed by atoms with E-state index in [-0.39, 0.29) is 16.8 Å². The summed E-state index contributed by atoms with van der Waals surface area (Å²) in [6.45, 7) is 8.50. The van der Waals surface area contributed by atoms with Crippen LogP contribution < -0.4 is 5.69 Å². The summed E-state index contributed by atoms with van der Waals surface area (Å²) >= 11 is 0. The van der Waals surface area contributed by atoms with Crippen LogP contribution in [0.4, 0.5) is 0 Å². The van der Waals surface area contributed by atoms with Crippen molar-refractivity contribution in [2.24, 2.45) is 0 Å². The molecular formula is C25H28N2O3. The number of carboxylic acid groups (broad SMARTS) is 1. The van der Waals surface area contributed by atoms with Crippen LogP contribution in [0.2, 0.25) is 0 Å². The molecule has 1 N–H and O–H groups in total. The Balaban J connectivity index is 1.95. The molecule has 2 aromatic carbocycles. The second-order valence-corrected chi connectivity index (χ2v) is 8.35. The Morgan fingerprint density at radius 3 is 2.33 bits per heavy atom. The summed E-state index contributed by atoms with van der Waals surface area (Å²) in [5, 5.41) is 9.43. The van der Waals surface area contributed by atoms with Gasteiger partial charge < -0.3 is 5.11 Å². The highest BCUT2D eigenvalue weighted by Gasteiger charge is 2.20. The highest BCUT2D eigenvalue weighted by molar-refractivity contribution is 5.95. The van der Waals surface area contributed by atoms with Gasteiger partial charge in [0.15, 0.2) is 0 Å². The average Bonchev–Trinajstić information content (AvgIpc) is 3.03. The maximum Gasteiger partial charge on any atom is 0.336 e. The van der Waals surface area contributed by atoms with Crippen LogP contribution in [0.25, 0.3) is 11.1 Å². The second-order valence-electron chi connectivity index (χ2n) is 8.35. The molecule has 0 aliphatic carbocycles. The molecule has 0 radical (unpaired) electrons. The van der Waals surface area contributed by atoms with Gasteiger partial charge in [-0.15, -0.1) is 0 Å². The van der Waals surface area contributed by atoms with Gasteiger partial charge in [0, 0.05) is 23.9 Å². The smallest absolute Gasteiger partial charge is 0.336 e. The molecule has 0 saturated heterocycles. The number of benzene rings is 2. The normalized spacial score (nSPS) is 11.9. The Kier molecular flexibility index (Phi) is 6.11. The summed E-state index contributed by atoms with van der Waals surface area (Å²) in [5.41, 5.74) is 3.43. The number of carbonyl (C=O) groups is 1. The van der Waals surface area contributed by atoms with Gasteiger partial charge in [-0.3, -0.25) is 9.13 Å². The number of hydrogen-bond acceptors (Lipinski definition) is 2. The molecule has 0 aliphatic rings. The zero-order valence-electron chi connectivity index (χ0n) is 17.9. The summed E-state index contributed by atoms with van der Waals surface area (Å²) in [5.74, 6) is -0.946. The molecule has 1 aromatic heterocycles. The molecule has 30 heavy (non-hydrogen) atoms. The second kappa shape index (κ2) is 8.57. The fourth-order valence-electron chi connectivity index (χ4n) is 3.47. The number of aromatic carboxylic acids is 1. The van der Waals surface area contributed by atoms with Crippen molar-refractivity contribution in [3.63, 3.8) is 0 Å². The number of hydrogen-bond donors (Lipinski definition) is 1. The summed E-state index contributed by atoms with van der Waals surface area (Å²) in [6.07, 6.45) is 6.67. The van der Waals surface area contributed by atoms with E-state index in [0.717, 1.165) is 16.8 Å². The number of allylic oxidation sites excluding steroid dienone is 2. The van der Waals surface area contributed by atoms with E-state index in [0.29, 0.717) is 18.5 Å². The molecular weight excluding hydrogens is 376 g/mol. The Morgan fingerprint density at radius 2 is 1.73 bits per heavy atom. The van der Waals surface area contributed by atoms with Crippen LogP contribution in [-0.4, -0.2) is 20.2 Å². The van der Waals surface area contributed by atoms with Gasteiger partial charge in [-0.1, -0.05) is 54.6 Å². The van der Waals surface area contributed by atoms with Crippen molar-refractivity contribution in [2.45, 2.75) is 46.2 Å². The first-order valence-corrected chi connectivity index (χ1v) is 10.1. The van der Waals surface area contributed by atoms with Gasteiger partial charge >= 0.3 is 11.7 Å². The Bertz CT molecular complexity index is 1130. The first-order valence-electron chi connectivity index (χ1n) is 10.1. The molecule has 0 saturated carbocycles. The highest BCUT2D eigenvalue weighted by atomic mass is 16.4. The van der Waals surface area contributed by atoms with Gasteiger partial charge in [0.2, 0.25) is 0 Å². The third-order valence-corrected chi connectivity index (χ3v) is 5.11. The molecule has 3 aromatic rings. The number of imidazole rings is 1. The van der Waals surface area contributed by atoms with Gasteiger partial charge in [-0.05, 0) is 50.5 Å². The molecule has 156 valence electrons. The fraction of sp³-hybridized carbons (Fsp3) is 0.280. The zero-order chi connectivity index (χ0) is 21.9. The number of nitrogens with zero attached hydrogens (tertiary/aromatic N) is 2. The van der Waals surface area contributed by atoms with Crippen LogP contribution in [0.15, 0.2) is 71.7 Å². The van der Waals surface area contributed by atoms with Crippen molar-refractivity contribution in [3.8, 4) is 11.1 Å². The molecule has 1 heterocycles. The van der Waals surface area contributed by atoms with Gasteiger partial charge in [-0.2, -0.15) is 0 Å². The zero-order valence-corrected chi connectivity index (χ0v) is 17.9. The lowest BCUT2D eigenvalue weighted by atomic mass is 9.99. The molecule has 0 amide bonds. The lowest BCUT2D eigenvalue weighted by Gasteiger charge is -2.19. The average molecular weight is 405 g/mol. The van der Waals surface area contributed by atoms with Gasteiger partial charge in [0.1, 0.15) is 0 Å². The molecule has 0 spiro atoms. The predicted molar refractivity (Wildman–Crippen MR) is 120 cm³/mol. The van der Waals surface area contributed by atoms with Crippen molar-refractivity contribution < 1.29 is 9.90 Å². The highest BCUT2D eigenvalue weighted by Crippen LogP contribution is 2.24. The lowest BCUT2D eigenvalue weighted by molar-refractivity contribution is 0.0697. The topological polar surface area (TPSA) is 64.2 Å². The van der Waals surface area contributed by atoms with Crippen LogP contribution in [0.5, 0.6) is 0 Å². The van der Waals surface area contributed by atoms with Crippen LogP contribution in [0, 0.1) is 0 Å². The lowest BCUT2D eigenvalue weighted by Crippen LogP contribution is -2.34. The number of carboxylic acids is 1. The molecule has 3 rings (SSSR count). The van der Waals surface area contributed by atoms with Crippen LogP contribution in [0.3, 0.4) is 0 Å². The minimum absolute atomic E-state index is 0.0256. The van der Waals surface area contributed by atoms with E-state index in [1.807, 2.05) is 87.0 Å². The molecule has 5 nitrogen and oxygen atoms in total. The van der Waals surface area contributed by atoms with Crippen molar-refractivity contribution in [2.75, 3.05) is 0 Å². The summed E-state index contributed by atoms with van der Waals surface area (Å²) in [7, 11) is 0. The number of aromatic nitrogens is 2. The monoisotopic (exact) mass is 404 g/mol. The van der Waals surface area contributed by atoms with Crippen LogP contribution >= 0.6 is 0 Å². The molecule has 5 heteroatoms. The maximum absolute atomic E-state index is 13.0. The summed E-state index contributed by atoms with van der Waals surface area (Å²) < 4.78 is 3.59. The fourth-order valence-corrected chi connectivity index (χ4v) is 3.47. The van der Waals surface area contributed by atoms with E-state index < -0.39 is 5.97 Å². The van der Waals surface area contributed by atoms with Crippen molar-refractivity contribution in [3.05, 3.63) is 94.2 Å². The van der Waals surface area contributed by atoms with Crippen molar-refractivity contribution in [1.29, 1.82) is 0 Å². The standard InChI is InChI=1S/C25H28N2O3/c1-5-6-9-20-17-27(25(2,3)4)24(30)26(20)16-18-12-14-19(15-13-18)21-10-7-8-11-22(21)23(28)29/h5-8,10-15,17H,9,16H2,1-4H3,(H,28,29). The Hall–Kier alpha value is -3.34. The van der Waals surface area contributed by atoms with Crippen LogP contribution in [-0.2, 0) is 18.5 Å². The predicted octanol–water partition coefficient (Wildman–Crippen LogP) is 4.94. The van der Waals surface area contributed by atoms with Crippen molar-refractivity contribution in [1.82, 2.24) is 9.13 Å². The molecule has 0 bridgehead atoms. The number of rotatable bonds is 6. The Labute approximate surface area is 176 Å². The van der Waals surface area contributed by atoms with Crippen molar-refractivity contribution >= 4 is 5.97 Å². The summed E-state index contributed by atoms with van der Waals surface area (Å²) in [4.78, 5) is 24.6.